The van der Waals surface area contributed by atoms with E-state index >= 15 is 0 Å². The SMILES string of the molecule is CN(CCn1nc2ccccn2c1=O)C(c1ccccc1)c1ccccc1. The van der Waals surface area contributed by atoms with E-state index in [2.05, 4.69) is 65.6 Å². The molecule has 2 heterocycles. The predicted molar refractivity (Wildman–Crippen MR) is 107 cm³/mol. The maximum Gasteiger partial charge on any atom is 0.350 e. The molecule has 136 valence electrons. The van der Waals surface area contributed by atoms with E-state index in [0.29, 0.717) is 18.7 Å². The van der Waals surface area contributed by atoms with Gasteiger partial charge in [0.25, 0.3) is 0 Å². The summed E-state index contributed by atoms with van der Waals surface area (Å²) in [6.07, 6.45) is 1.75. The van der Waals surface area contributed by atoms with E-state index in [0.717, 1.165) is 0 Å². The first-order valence-electron chi connectivity index (χ1n) is 9.08. The standard InChI is InChI=1S/C22H22N4O/c1-24(16-17-26-22(27)25-15-9-8-14-20(25)23-26)21(18-10-4-2-5-11-18)19-12-6-3-7-13-19/h2-15,21H,16-17H2,1H3. The lowest BCUT2D eigenvalue weighted by atomic mass is 9.97. The van der Waals surface area contributed by atoms with Gasteiger partial charge >= 0.3 is 5.69 Å². The Morgan fingerprint density at radius 1 is 0.889 bits per heavy atom. The maximum atomic E-state index is 12.5. The number of rotatable bonds is 6. The Bertz CT molecular complexity index is 1030. The van der Waals surface area contributed by atoms with Crippen LogP contribution in [0, 0.1) is 0 Å². The third kappa shape index (κ3) is 3.55. The van der Waals surface area contributed by atoms with Crippen LogP contribution in [0.4, 0.5) is 0 Å². The summed E-state index contributed by atoms with van der Waals surface area (Å²) in [6.45, 7) is 1.24. The number of hydrogen-bond donors (Lipinski definition) is 0. The molecule has 0 radical (unpaired) electrons. The second kappa shape index (κ2) is 7.60. The molecule has 27 heavy (non-hydrogen) atoms. The number of nitrogens with zero attached hydrogens (tertiary/aromatic N) is 4. The Balaban J connectivity index is 1.59. The van der Waals surface area contributed by atoms with Gasteiger partial charge in [0.1, 0.15) is 0 Å². The van der Waals surface area contributed by atoms with E-state index in [1.165, 1.54) is 11.1 Å². The van der Waals surface area contributed by atoms with Crippen LogP contribution in [0.1, 0.15) is 17.2 Å². The summed E-state index contributed by atoms with van der Waals surface area (Å²) in [5.41, 5.74) is 3.03. The van der Waals surface area contributed by atoms with Gasteiger partial charge in [-0.15, -0.1) is 5.10 Å². The summed E-state index contributed by atoms with van der Waals surface area (Å²) in [4.78, 5) is 14.8. The summed E-state index contributed by atoms with van der Waals surface area (Å²) < 4.78 is 3.12. The molecule has 0 atom stereocenters. The van der Waals surface area contributed by atoms with E-state index in [9.17, 15) is 4.79 Å². The van der Waals surface area contributed by atoms with Crippen LogP contribution in [0.15, 0.2) is 89.9 Å². The van der Waals surface area contributed by atoms with Crippen molar-refractivity contribution in [3.05, 3.63) is 107 Å². The smallest absolute Gasteiger partial charge is 0.294 e. The highest BCUT2D eigenvalue weighted by Gasteiger charge is 2.19. The predicted octanol–water partition coefficient (Wildman–Crippen LogP) is 3.22. The number of fused-ring (bicyclic) bond motifs is 1. The molecule has 0 spiro atoms. The molecule has 0 saturated carbocycles. The zero-order valence-electron chi connectivity index (χ0n) is 15.3. The fourth-order valence-electron chi connectivity index (χ4n) is 3.47. The van der Waals surface area contributed by atoms with Gasteiger partial charge in [0.15, 0.2) is 5.65 Å². The minimum Gasteiger partial charge on any atom is -0.294 e. The molecule has 5 nitrogen and oxygen atoms in total. The van der Waals surface area contributed by atoms with E-state index in [1.807, 2.05) is 30.3 Å². The van der Waals surface area contributed by atoms with Crippen molar-refractivity contribution in [2.45, 2.75) is 12.6 Å². The number of pyridine rings is 1. The topological polar surface area (TPSA) is 42.5 Å². The normalized spacial score (nSPS) is 11.5. The van der Waals surface area contributed by atoms with Crippen molar-refractivity contribution in [1.29, 1.82) is 0 Å². The first-order valence-corrected chi connectivity index (χ1v) is 9.08. The number of hydrogen-bond acceptors (Lipinski definition) is 3. The zero-order chi connectivity index (χ0) is 18.6. The Labute approximate surface area is 158 Å². The largest absolute Gasteiger partial charge is 0.350 e. The van der Waals surface area contributed by atoms with E-state index in [4.69, 9.17) is 0 Å². The van der Waals surface area contributed by atoms with Crippen LogP contribution in [-0.4, -0.2) is 32.7 Å². The van der Waals surface area contributed by atoms with Gasteiger partial charge in [0, 0.05) is 12.7 Å². The second-order valence-corrected chi connectivity index (χ2v) is 6.64. The number of benzene rings is 2. The molecule has 0 aliphatic heterocycles. The molecule has 2 aromatic carbocycles. The monoisotopic (exact) mass is 358 g/mol. The highest BCUT2D eigenvalue weighted by Crippen LogP contribution is 2.27. The van der Waals surface area contributed by atoms with Crippen molar-refractivity contribution >= 4 is 5.65 Å². The minimum atomic E-state index is -0.102. The van der Waals surface area contributed by atoms with E-state index < -0.39 is 0 Å². The average molecular weight is 358 g/mol. The van der Waals surface area contributed by atoms with Gasteiger partial charge in [-0.3, -0.25) is 9.30 Å². The molecule has 0 saturated heterocycles. The summed E-state index contributed by atoms with van der Waals surface area (Å²) in [5, 5.41) is 4.43. The van der Waals surface area contributed by atoms with Gasteiger partial charge < -0.3 is 0 Å². The van der Waals surface area contributed by atoms with Gasteiger partial charge in [0.05, 0.1) is 12.6 Å². The molecule has 0 aliphatic carbocycles. The molecule has 2 aromatic heterocycles. The first-order chi connectivity index (χ1) is 13.2. The summed E-state index contributed by atoms with van der Waals surface area (Å²) in [7, 11) is 2.09. The fraction of sp³-hybridized carbons (Fsp3) is 0.182. The molecule has 0 unspecified atom stereocenters. The second-order valence-electron chi connectivity index (χ2n) is 6.64. The van der Waals surface area contributed by atoms with E-state index in [-0.39, 0.29) is 11.7 Å². The number of likely N-dealkylation sites (N-methyl/N-ethyl adjacent to an activating group) is 1. The van der Waals surface area contributed by atoms with Gasteiger partial charge in [-0.25, -0.2) is 9.48 Å². The lowest BCUT2D eigenvalue weighted by Crippen LogP contribution is -2.32. The molecular weight excluding hydrogens is 336 g/mol. The van der Waals surface area contributed by atoms with Gasteiger partial charge in [-0.2, -0.15) is 0 Å². The van der Waals surface area contributed by atoms with Crippen molar-refractivity contribution in [3.8, 4) is 0 Å². The summed E-state index contributed by atoms with van der Waals surface area (Å²) in [6, 6.07) is 26.6. The molecule has 0 amide bonds. The molecule has 4 rings (SSSR count). The van der Waals surface area contributed by atoms with Gasteiger partial charge in [-0.05, 0) is 30.3 Å². The zero-order valence-corrected chi connectivity index (χ0v) is 15.3. The molecule has 0 N–H and O–H groups in total. The highest BCUT2D eigenvalue weighted by molar-refractivity contribution is 5.35. The van der Waals surface area contributed by atoms with Crippen LogP contribution in [0.5, 0.6) is 0 Å². The van der Waals surface area contributed by atoms with Crippen LogP contribution >= 0.6 is 0 Å². The Kier molecular flexibility index (Phi) is 4.85. The van der Waals surface area contributed by atoms with E-state index in [1.54, 1.807) is 15.3 Å². The summed E-state index contributed by atoms with van der Waals surface area (Å²) >= 11 is 0. The third-order valence-electron chi connectivity index (χ3n) is 4.82. The maximum absolute atomic E-state index is 12.5. The van der Waals surface area contributed by atoms with Crippen molar-refractivity contribution in [3.63, 3.8) is 0 Å². The van der Waals surface area contributed by atoms with Crippen LogP contribution in [-0.2, 0) is 6.54 Å². The van der Waals surface area contributed by atoms with Gasteiger partial charge in [-0.1, -0.05) is 66.7 Å². The average Bonchev–Trinajstić information content (AvgIpc) is 3.04. The summed E-state index contributed by atoms with van der Waals surface area (Å²) in [5.74, 6) is 0. The highest BCUT2D eigenvalue weighted by atomic mass is 16.2. The lowest BCUT2D eigenvalue weighted by Gasteiger charge is -2.29. The van der Waals surface area contributed by atoms with Crippen molar-refractivity contribution < 1.29 is 0 Å². The minimum absolute atomic E-state index is 0.102. The Hall–Kier alpha value is -3.18. The fourth-order valence-corrected chi connectivity index (χ4v) is 3.47. The Morgan fingerprint density at radius 3 is 2.07 bits per heavy atom. The third-order valence-corrected chi connectivity index (χ3v) is 4.82. The van der Waals surface area contributed by atoms with Crippen LogP contribution < -0.4 is 5.69 Å². The molecule has 0 bridgehead atoms. The molecule has 0 aliphatic rings. The molecule has 4 aromatic rings. The van der Waals surface area contributed by atoms with Crippen molar-refractivity contribution in [2.24, 2.45) is 0 Å². The quantitative estimate of drug-likeness (QED) is 0.531. The van der Waals surface area contributed by atoms with Gasteiger partial charge in [0.2, 0.25) is 0 Å². The number of aromatic nitrogens is 3. The van der Waals surface area contributed by atoms with Crippen LogP contribution in [0.2, 0.25) is 0 Å². The first kappa shape index (κ1) is 17.2. The Morgan fingerprint density at radius 2 is 1.48 bits per heavy atom. The molecule has 5 heteroatoms. The van der Waals surface area contributed by atoms with Crippen molar-refractivity contribution in [1.82, 2.24) is 19.1 Å². The molecule has 0 fully saturated rings. The van der Waals surface area contributed by atoms with Crippen molar-refractivity contribution in [2.75, 3.05) is 13.6 Å². The molecular formula is C22H22N4O. The van der Waals surface area contributed by atoms with Crippen LogP contribution in [0.25, 0.3) is 5.65 Å². The lowest BCUT2D eigenvalue weighted by molar-refractivity contribution is 0.261. The van der Waals surface area contributed by atoms with Crippen LogP contribution in [0.3, 0.4) is 0 Å².